The van der Waals surface area contributed by atoms with Gasteiger partial charge >= 0.3 is 0 Å². The molecule has 2 aromatic carbocycles. The van der Waals surface area contributed by atoms with Crippen LogP contribution < -0.4 is 21.7 Å². The van der Waals surface area contributed by atoms with Crippen LogP contribution in [-0.2, 0) is 20.8 Å². The number of unbranched alkanes of at least 4 members (excludes halogenated alkanes) is 1. The first-order valence-corrected chi connectivity index (χ1v) is 18.0. The van der Waals surface area contributed by atoms with E-state index in [-0.39, 0.29) is 23.4 Å². The number of nitrogens with one attached hydrogen (secondary N) is 3. The maximum atomic E-state index is 13.8. The van der Waals surface area contributed by atoms with Gasteiger partial charge in [-0.2, -0.15) is 0 Å². The van der Waals surface area contributed by atoms with Crippen molar-refractivity contribution in [3.05, 3.63) is 78.0 Å². The number of nitrogens with two attached hydrogens (primary N) is 1. The van der Waals surface area contributed by atoms with Crippen molar-refractivity contribution in [2.24, 2.45) is 29.4 Å². The van der Waals surface area contributed by atoms with Gasteiger partial charge in [-0.25, -0.2) is 4.98 Å². The molecule has 0 aliphatic heterocycles. The second-order valence-corrected chi connectivity index (χ2v) is 14.0. The van der Waals surface area contributed by atoms with Gasteiger partial charge in [0.05, 0.1) is 24.1 Å². The van der Waals surface area contributed by atoms with E-state index >= 15 is 0 Å². The molecular formula is C39H51N5O5. The fraction of sp³-hybridized carbons (Fsp3) is 0.513. The van der Waals surface area contributed by atoms with Gasteiger partial charge in [0.15, 0.2) is 0 Å². The molecule has 2 aliphatic carbocycles. The van der Waals surface area contributed by atoms with Crippen molar-refractivity contribution in [3.63, 3.8) is 0 Å². The molecule has 3 aromatic rings. The summed E-state index contributed by atoms with van der Waals surface area (Å²) in [5.74, 6) is -1.11. The molecule has 2 saturated carbocycles. The second kappa shape index (κ2) is 17.4. The van der Waals surface area contributed by atoms with E-state index in [1.54, 1.807) is 18.2 Å². The minimum Gasteiger partial charge on any atom is -0.391 e. The lowest BCUT2D eigenvalue weighted by molar-refractivity contribution is -0.131. The number of aliphatic hydroxyl groups excluding tert-OH is 1. The van der Waals surface area contributed by atoms with Crippen molar-refractivity contribution in [3.8, 4) is 0 Å². The number of rotatable bonds is 15. The van der Waals surface area contributed by atoms with E-state index in [1.807, 2.05) is 48.5 Å². The highest BCUT2D eigenvalue weighted by Gasteiger charge is 2.42. The number of primary amides is 1. The number of fused-ring (bicyclic) bond motifs is 2. The van der Waals surface area contributed by atoms with Crippen molar-refractivity contribution in [1.29, 1.82) is 0 Å². The predicted octanol–water partition coefficient (Wildman–Crippen LogP) is 4.44. The number of para-hydroxylation sites is 1. The molecule has 0 radical (unpaired) electrons. The molecule has 2 aliphatic rings. The summed E-state index contributed by atoms with van der Waals surface area (Å²) < 4.78 is 0. The van der Waals surface area contributed by atoms with Gasteiger partial charge in [0.25, 0.3) is 5.91 Å². The summed E-state index contributed by atoms with van der Waals surface area (Å²) in [4.78, 5) is 57.1. The summed E-state index contributed by atoms with van der Waals surface area (Å²) >= 11 is 0. The molecule has 0 spiro atoms. The third-order valence-corrected chi connectivity index (χ3v) is 10.5. The molecule has 10 heteroatoms. The number of aromatic nitrogens is 1. The Balaban J connectivity index is 1.34. The minimum atomic E-state index is -1.28. The Kier molecular flexibility index (Phi) is 12.8. The van der Waals surface area contributed by atoms with Crippen LogP contribution in [-0.4, -0.2) is 58.5 Å². The van der Waals surface area contributed by atoms with Gasteiger partial charge in [0.1, 0.15) is 11.7 Å². The third kappa shape index (κ3) is 9.88. The largest absolute Gasteiger partial charge is 0.391 e. The Morgan fingerprint density at radius 1 is 0.918 bits per heavy atom. The van der Waals surface area contributed by atoms with Crippen LogP contribution in [0.1, 0.15) is 87.2 Å². The van der Waals surface area contributed by atoms with E-state index in [4.69, 9.17) is 5.73 Å². The number of aliphatic hydroxyl groups is 1. The fourth-order valence-electron chi connectivity index (χ4n) is 7.82. The van der Waals surface area contributed by atoms with Gasteiger partial charge < -0.3 is 26.8 Å². The zero-order valence-corrected chi connectivity index (χ0v) is 28.5. The lowest BCUT2D eigenvalue weighted by Crippen LogP contribution is -2.55. The van der Waals surface area contributed by atoms with Crippen LogP contribution in [0.15, 0.2) is 66.7 Å². The van der Waals surface area contributed by atoms with Crippen molar-refractivity contribution >= 4 is 34.5 Å². The second-order valence-electron chi connectivity index (χ2n) is 14.0. The number of nitrogens with zero attached hydrogens (tertiary/aromatic N) is 1. The molecule has 1 heterocycles. The van der Waals surface area contributed by atoms with Crippen molar-refractivity contribution in [2.45, 2.75) is 95.7 Å². The van der Waals surface area contributed by atoms with Gasteiger partial charge in [0.2, 0.25) is 17.7 Å². The first kappa shape index (κ1) is 36.0. The summed E-state index contributed by atoms with van der Waals surface area (Å²) in [6.07, 6.45) is 7.56. The lowest BCUT2D eigenvalue weighted by Gasteiger charge is -2.44. The summed E-state index contributed by atoms with van der Waals surface area (Å²) in [6.45, 7) is 2.74. The number of carbonyl (C=O) groups is 4. The zero-order chi connectivity index (χ0) is 34.8. The highest BCUT2D eigenvalue weighted by atomic mass is 16.3. The molecule has 0 saturated heterocycles. The van der Waals surface area contributed by atoms with E-state index in [0.29, 0.717) is 36.7 Å². The van der Waals surface area contributed by atoms with Gasteiger partial charge in [-0.3, -0.25) is 19.2 Å². The summed E-state index contributed by atoms with van der Waals surface area (Å²) in [5.41, 5.74) is 7.16. The van der Waals surface area contributed by atoms with Crippen LogP contribution in [0.5, 0.6) is 0 Å². The maximum Gasteiger partial charge on any atom is 0.270 e. The molecule has 1 aromatic heterocycles. The lowest BCUT2D eigenvalue weighted by atomic mass is 9.62. The molecule has 10 nitrogen and oxygen atoms in total. The minimum absolute atomic E-state index is 0.0359. The van der Waals surface area contributed by atoms with Crippen molar-refractivity contribution < 1.29 is 24.3 Å². The van der Waals surface area contributed by atoms with E-state index in [9.17, 15) is 24.3 Å². The molecule has 5 rings (SSSR count). The molecule has 7 atom stereocenters. The van der Waals surface area contributed by atoms with Crippen LogP contribution >= 0.6 is 0 Å². The molecule has 4 amide bonds. The Bertz CT molecular complexity index is 1580. The molecule has 49 heavy (non-hydrogen) atoms. The fourth-order valence-corrected chi connectivity index (χ4v) is 7.82. The summed E-state index contributed by atoms with van der Waals surface area (Å²) in [6, 6.07) is 18.2. The highest BCUT2D eigenvalue weighted by molar-refractivity contribution is 5.99. The average Bonchev–Trinajstić information content (AvgIpc) is 3.10. The molecule has 2 fully saturated rings. The summed E-state index contributed by atoms with van der Waals surface area (Å²) in [5, 5.41) is 21.5. The van der Waals surface area contributed by atoms with E-state index in [1.165, 1.54) is 12.8 Å². The van der Waals surface area contributed by atoms with Gasteiger partial charge in [-0.1, -0.05) is 93.6 Å². The Hall–Kier alpha value is -4.31. The number of carbonyl (C=O) groups excluding carboxylic acids is 4. The van der Waals surface area contributed by atoms with E-state index < -0.39 is 42.3 Å². The molecule has 262 valence electrons. The van der Waals surface area contributed by atoms with Crippen LogP contribution in [0.2, 0.25) is 0 Å². The molecular weight excluding hydrogens is 618 g/mol. The number of amides is 4. The third-order valence-electron chi connectivity index (χ3n) is 10.5. The number of hydrogen-bond donors (Lipinski definition) is 5. The van der Waals surface area contributed by atoms with Crippen LogP contribution in [0, 0.1) is 23.7 Å². The first-order chi connectivity index (χ1) is 23.7. The SMILES string of the molecule is CCCCNC(=O)[C@@H]1C[C@@H]2CCCC[C@@H]2CC1C[C@@H](O)[C@H](Cc1ccccc1)NC(=O)[C@H](CC(N)=O)NC(=O)c1ccc2ccccc2n1. The van der Waals surface area contributed by atoms with Crippen LogP contribution in [0.4, 0.5) is 0 Å². The van der Waals surface area contributed by atoms with Crippen molar-refractivity contribution in [2.75, 3.05) is 6.54 Å². The number of benzene rings is 2. The van der Waals surface area contributed by atoms with Crippen LogP contribution in [0.3, 0.4) is 0 Å². The van der Waals surface area contributed by atoms with Crippen LogP contribution in [0.25, 0.3) is 10.9 Å². The monoisotopic (exact) mass is 669 g/mol. The first-order valence-electron chi connectivity index (χ1n) is 18.0. The molecule has 1 unspecified atom stereocenters. The van der Waals surface area contributed by atoms with Gasteiger partial charge in [-0.15, -0.1) is 0 Å². The Labute approximate surface area is 289 Å². The van der Waals surface area contributed by atoms with Gasteiger partial charge in [0, 0.05) is 17.8 Å². The Morgan fingerprint density at radius 3 is 2.37 bits per heavy atom. The Morgan fingerprint density at radius 2 is 1.63 bits per heavy atom. The highest BCUT2D eigenvalue weighted by Crippen LogP contribution is 2.47. The van der Waals surface area contributed by atoms with E-state index in [2.05, 4.69) is 27.9 Å². The molecule has 0 bridgehead atoms. The molecule has 6 N–H and O–H groups in total. The summed E-state index contributed by atoms with van der Waals surface area (Å²) in [7, 11) is 0. The van der Waals surface area contributed by atoms with Gasteiger partial charge in [-0.05, 0) is 67.6 Å². The quantitative estimate of drug-likeness (QED) is 0.150. The predicted molar refractivity (Wildman–Crippen MR) is 189 cm³/mol. The van der Waals surface area contributed by atoms with Crippen molar-refractivity contribution in [1.82, 2.24) is 20.9 Å². The maximum absolute atomic E-state index is 13.8. The number of hydrogen-bond acceptors (Lipinski definition) is 6. The van der Waals surface area contributed by atoms with E-state index in [0.717, 1.165) is 49.5 Å². The topological polar surface area (TPSA) is 164 Å². The number of pyridine rings is 1. The standard InChI is InChI=1S/C39H51N5O5/c1-2-3-19-41-37(47)30-22-28-15-8-7-14-27(28)21-29(30)23-35(45)33(20-25-11-5-4-6-12-25)43-39(49)34(24-36(40)46)44-38(48)32-18-17-26-13-9-10-16-31(26)42-32/h4-6,9-13,16-18,27-30,33-35,45H,2-3,7-8,14-15,19-24H2,1H3,(H2,40,46)(H,41,47)(H,43,49)(H,44,48)/t27-,28+,29?,30-,33+,34+,35-/m1/s1. The average molecular weight is 670 g/mol. The smallest absolute Gasteiger partial charge is 0.270 e. The zero-order valence-electron chi connectivity index (χ0n) is 28.5. The normalized spacial score (nSPS) is 22.2.